The number of nitrogens with zero attached hydrogens (tertiary/aromatic N) is 3. The van der Waals surface area contributed by atoms with Crippen molar-refractivity contribution in [3.05, 3.63) is 28.5 Å². The summed E-state index contributed by atoms with van der Waals surface area (Å²) in [6.45, 7) is 3.19. The number of hydrogen-bond acceptors (Lipinski definition) is 4. The largest absolute Gasteiger partial charge is 0.338 e. The van der Waals surface area contributed by atoms with Gasteiger partial charge in [-0.15, -0.1) is 11.8 Å². The lowest BCUT2D eigenvalue weighted by molar-refractivity contribution is 0.0716. The number of likely N-dealkylation sites (tertiary alicyclic amines) is 1. The first-order valence-electron chi connectivity index (χ1n) is 6.95. The maximum absolute atomic E-state index is 12.6. The van der Waals surface area contributed by atoms with Gasteiger partial charge in [-0.25, -0.2) is 4.98 Å². The molecule has 1 fully saturated rings. The summed E-state index contributed by atoms with van der Waals surface area (Å²) in [5.74, 6) is -0.0263. The van der Waals surface area contributed by atoms with E-state index in [-0.39, 0.29) is 10.7 Å². The van der Waals surface area contributed by atoms with E-state index < -0.39 is 0 Å². The molecular weight excluding hydrogens is 306 g/mol. The number of aromatic nitrogens is 1. The molecule has 4 nitrogen and oxygen atoms in total. The van der Waals surface area contributed by atoms with Crippen molar-refractivity contribution in [2.45, 2.75) is 30.9 Å². The van der Waals surface area contributed by atoms with Crippen molar-refractivity contribution in [1.29, 1.82) is 5.26 Å². The van der Waals surface area contributed by atoms with Crippen LogP contribution in [0.25, 0.3) is 0 Å². The minimum Gasteiger partial charge on any atom is -0.338 e. The molecule has 0 spiro atoms. The zero-order chi connectivity index (χ0) is 15.5. The molecule has 2 heterocycles. The molecule has 112 valence electrons. The number of carbonyl (C=O) groups excluding carboxylic acids is 1. The van der Waals surface area contributed by atoms with Gasteiger partial charge in [0, 0.05) is 24.3 Å². The smallest absolute Gasteiger partial charge is 0.254 e. The van der Waals surface area contributed by atoms with E-state index in [1.165, 1.54) is 0 Å². The van der Waals surface area contributed by atoms with Gasteiger partial charge in [0.2, 0.25) is 0 Å². The van der Waals surface area contributed by atoms with Gasteiger partial charge in [0.25, 0.3) is 5.91 Å². The van der Waals surface area contributed by atoms with Crippen LogP contribution in [0.2, 0.25) is 5.15 Å². The lowest BCUT2D eigenvalue weighted by Gasteiger charge is -2.36. The molecule has 0 unspecified atom stereocenters. The Kier molecular flexibility index (Phi) is 5.13. The summed E-state index contributed by atoms with van der Waals surface area (Å²) in [5, 5.41) is 9.64. The molecule has 21 heavy (non-hydrogen) atoms. The van der Waals surface area contributed by atoms with Crippen LogP contribution in [-0.4, -0.2) is 39.9 Å². The van der Waals surface area contributed by atoms with Gasteiger partial charge in [-0.1, -0.05) is 18.5 Å². The highest BCUT2D eigenvalue weighted by Crippen LogP contribution is 2.34. The molecule has 1 aromatic rings. The summed E-state index contributed by atoms with van der Waals surface area (Å²) in [7, 11) is 0. The second-order valence-electron chi connectivity index (χ2n) is 5.13. The predicted molar refractivity (Wildman–Crippen MR) is 85.6 cm³/mol. The SMILES string of the molecule is CCc1cc(C(=O)N2CCC(C#N)(SC)CC2)cc(Cl)n1. The molecule has 1 aromatic heterocycles. The molecule has 0 aromatic carbocycles. The molecule has 0 aliphatic carbocycles. The fraction of sp³-hybridized carbons (Fsp3) is 0.533. The molecule has 1 aliphatic heterocycles. The van der Waals surface area contributed by atoms with Crippen molar-refractivity contribution >= 4 is 29.3 Å². The van der Waals surface area contributed by atoms with Crippen molar-refractivity contribution in [3.8, 4) is 6.07 Å². The quantitative estimate of drug-likeness (QED) is 0.802. The predicted octanol–water partition coefficient (Wildman–Crippen LogP) is 3.16. The number of halogens is 1. The fourth-order valence-electron chi connectivity index (χ4n) is 2.47. The average Bonchev–Trinajstić information content (AvgIpc) is 2.53. The van der Waals surface area contributed by atoms with E-state index in [4.69, 9.17) is 11.6 Å². The maximum atomic E-state index is 12.6. The van der Waals surface area contributed by atoms with E-state index in [0.717, 1.165) is 12.1 Å². The van der Waals surface area contributed by atoms with Crippen LogP contribution in [0.5, 0.6) is 0 Å². The van der Waals surface area contributed by atoms with E-state index in [1.807, 2.05) is 13.2 Å². The van der Waals surface area contributed by atoms with Crippen LogP contribution < -0.4 is 0 Å². The first kappa shape index (κ1) is 16.1. The third kappa shape index (κ3) is 3.50. The monoisotopic (exact) mass is 323 g/mol. The van der Waals surface area contributed by atoms with Crippen LogP contribution in [0.4, 0.5) is 0 Å². The third-order valence-corrected chi connectivity index (χ3v) is 5.38. The van der Waals surface area contributed by atoms with Crippen molar-refractivity contribution in [1.82, 2.24) is 9.88 Å². The van der Waals surface area contributed by atoms with Crippen molar-refractivity contribution in [2.24, 2.45) is 0 Å². The number of piperidine rings is 1. The average molecular weight is 324 g/mol. The van der Waals surface area contributed by atoms with E-state index in [2.05, 4.69) is 11.1 Å². The van der Waals surface area contributed by atoms with Crippen LogP contribution in [-0.2, 0) is 6.42 Å². The summed E-state index contributed by atoms with van der Waals surface area (Å²) in [6, 6.07) is 5.80. The lowest BCUT2D eigenvalue weighted by atomic mass is 9.96. The molecule has 1 aliphatic rings. The van der Waals surface area contributed by atoms with Crippen molar-refractivity contribution in [3.63, 3.8) is 0 Å². The number of amides is 1. The van der Waals surface area contributed by atoms with E-state index in [1.54, 1.807) is 28.8 Å². The third-order valence-electron chi connectivity index (χ3n) is 3.91. The topological polar surface area (TPSA) is 57.0 Å². The van der Waals surface area contributed by atoms with Gasteiger partial charge >= 0.3 is 0 Å². The molecule has 6 heteroatoms. The van der Waals surface area contributed by atoms with Gasteiger partial charge in [-0.05, 0) is 37.7 Å². The summed E-state index contributed by atoms with van der Waals surface area (Å²) < 4.78 is -0.346. The Morgan fingerprint density at radius 3 is 2.71 bits per heavy atom. The van der Waals surface area contributed by atoms with E-state index in [9.17, 15) is 10.1 Å². The maximum Gasteiger partial charge on any atom is 0.254 e. The van der Waals surface area contributed by atoms with Crippen molar-refractivity contribution < 1.29 is 4.79 Å². The number of hydrogen-bond donors (Lipinski definition) is 0. The number of aryl methyl sites for hydroxylation is 1. The Labute approximate surface area is 134 Å². The second kappa shape index (κ2) is 6.67. The van der Waals surface area contributed by atoms with Crippen LogP contribution in [0.3, 0.4) is 0 Å². The Bertz CT molecular complexity index is 577. The van der Waals surface area contributed by atoms with E-state index >= 15 is 0 Å². The first-order chi connectivity index (χ1) is 10.0. The highest BCUT2D eigenvalue weighted by molar-refractivity contribution is 8.00. The fourth-order valence-corrected chi connectivity index (χ4v) is 3.38. The Morgan fingerprint density at radius 2 is 2.19 bits per heavy atom. The normalized spacial score (nSPS) is 17.3. The number of rotatable bonds is 3. The van der Waals surface area contributed by atoms with Crippen molar-refractivity contribution in [2.75, 3.05) is 19.3 Å². The highest BCUT2D eigenvalue weighted by atomic mass is 35.5. The molecule has 0 atom stereocenters. The first-order valence-corrected chi connectivity index (χ1v) is 8.56. The Balaban J connectivity index is 2.12. The van der Waals surface area contributed by atoms with Gasteiger partial charge in [-0.2, -0.15) is 5.26 Å². The Morgan fingerprint density at radius 1 is 1.52 bits per heavy atom. The molecule has 0 saturated carbocycles. The van der Waals surface area contributed by atoms with Crippen LogP contribution in [0.15, 0.2) is 12.1 Å². The summed E-state index contributed by atoms with van der Waals surface area (Å²) in [5.41, 5.74) is 1.40. The molecule has 0 radical (unpaired) electrons. The summed E-state index contributed by atoms with van der Waals surface area (Å²) in [4.78, 5) is 18.5. The molecule has 1 saturated heterocycles. The molecule has 0 bridgehead atoms. The van der Waals surface area contributed by atoms with Crippen LogP contribution in [0.1, 0.15) is 35.8 Å². The molecular formula is C15H18ClN3OS. The number of carbonyl (C=O) groups is 1. The molecule has 1 amide bonds. The van der Waals surface area contributed by atoms with Crippen LogP contribution >= 0.6 is 23.4 Å². The van der Waals surface area contributed by atoms with Gasteiger partial charge in [-0.3, -0.25) is 4.79 Å². The summed E-state index contributed by atoms with van der Waals surface area (Å²) in [6.07, 6.45) is 4.10. The summed E-state index contributed by atoms with van der Waals surface area (Å²) >= 11 is 7.55. The number of pyridine rings is 1. The Hall–Kier alpha value is -1.25. The minimum atomic E-state index is -0.346. The van der Waals surface area contributed by atoms with Gasteiger partial charge in [0.05, 0.1) is 6.07 Å². The van der Waals surface area contributed by atoms with Gasteiger partial charge < -0.3 is 4.90 Å². The second-order valence-corrected chi connectivity index (χ2v) is 6.70. The van der Waals surface area contributed by atoms with Gasteiger partial charge in [0.15, 0.2) is 0 Å². The lowest BCUT2D eigenvalue weighted by Crippen LogP contribution is -2.44. The number of nitriles is 1. The molecule has 2 rings (SSSR count). The number of thioether (sulfide) groups is 1. The van der Waals surface area contributed by atoms with E-state index in [0.29, 0.717) is 36.6 Å². The van der Waals surface area contributed by atoms with Gasteiger partial charge in [0.1, 0.15) is 9.90 Å². The molecule has 0 N–H and O–H groups in total. The van der Waals surface area contributed by atoms with Crippen LogP contribution in [0, 0.1) is 11.3 Å². The standard InChI is InChI=1S/C15H18ClN3OS/c1-3-12-8-11(9-13(16)18-12)14(20)19-6-4-15(10-17,21-2)5-7-19/h8-9H,3-7H2,1-2H3. The minimum absolute atomic E-state index is 0.0263. The highest BCUT2D eigenvalue weighted by Gasteiger charge is 2.35. The zero-order valence-electron chi connectivity index (χ0n) is 12.2. The zero-order valence-corrected chi connectivity index (χ0v) is 13.8.